The molecule has 10 heteroatoms. The van der Waals surface area contributed by atoms with Crippen LogP contribution in [0, 0.1) is 13.8 Å². The maximum atomic E-state index is 12.6. The van der Waals surface area contributed by atoms with E-state index in [1.807, 2.05) is 19.9 Å². The van der Waals surface area contributed by atoms with Crippen LogP contribution in [0.2, 0.25) is 10.0 Å². The number of benzene rings is 2. The summed E-state index contributed by atoms with van der Waals surface area (Å²) >= 11 is 12.1. The second kappa shape index (κ2) is 9.77. The van der Waals surface area contributed by atoms with Gasteiger partial charge in [-0.2, -0.15) is 5.10 Å². The van der Waals surface area contributed by atoms with Gasteiger partial charge >= 0.3 is 0 Å². The number of amides is 1. The second-order valence-electron chi connectivity index (χ2n) is 7.23. The van der Waals surface area contributed by atoms with E-state index in [2.05, 4.69) is 15.1 Å². The van der Waals surface area contributed by atoms with E-state index in [0.717, 1.165) is 16.8 Å². The van der Waals surface area contributed by atoms with Gasteiger partial charge in [-0.3, -0.25) is 14.2 Å². The van der Waals surface area contributed by atoms with E-state index >= 15 is 0 Å². The zero-order chi connectivity index (χ0) is 23.5. The fourth-order valence-corrected chi connectivity index (χ4v) is 4.22. The quantitative estimate of drug-likeness (QED) is 0.460. The van der Waals surface area contributed by atoms with Crippen LogP contribution in [-0.2, 0) is 14.8 Å². The van der Waals surface area contributed by atoms with E-state index in [4.69, 9.17) is 23.2 Å². The summed E-state index contributed by atoms with van der Waals surface area (Å²) in [6.45, 7) is 5.46. The molecule has 0 radical (unpaired) electrons. The number of aryl methyl sites for hydroxylation is 2. The molecule has 1 unspecified atom stereocenters. The summed E-state index contributed by atoms with van der Waals surface area (Å²) in [5.74, 6) is -0.294. The van der Waals surface area contributed by atoms with Gasteiger partial charge in [-0.05, 0) is 68.8 Å². The van der Waals surface area contributed by atoms with E-state index in [1.54, 1.807) is 35.9 Å². The molecule has 2 aromatic carbocycles. The van der Waals surface area contributed by atoms with Crippen molar-refractivity contribution < 1.29 is 13.2 Å². The van der Waals surface area contributed by atoms with Crippen LogP contribution < -0.4 is 10.0 Å². The number of sulfonamides is 1. The highest BCUT2D eigenvalue weighted by atomic mass is 35.5. The monoisotopic (exact) mass is 492 g/mol. The number of nitrogens with zero attached hydrogens (tertiary/aromatic N) is 2. The number of halogens is 2. The molecular weight excluding hydrogens is 471 g/mol. The number of nitrogens with one attached hydrogen (secondary N) is 2. The van der Waals surface area contributed by atoms with Crippen molar-refractivity contribution in [1.29, 1.82) is 0 Å². The Morgan fingerprint density at radius 1 is 1.09 bits per heavy atom. The predicted molar refractivity (Wildman–Crippen MR) is 130 cm³/mol. The normalized spacial score (nSPS) is 12.7. The summed E-state index contributed by atoms with van der Waals surface area (Å²) < 4.78 is 28.8. The van der Waals surface area contributed by atoms with Crippen LogP contribution in [0.3, 0.4) is 0 Å². The van der Waals surface area contributed by atoms with E-state index in [0.29, 0.717) is 16.3 Å². The Balaban J connectivity index is 1.68. The van der Waals surface area contributed by atoms with Gasteiger partial charge in [0.1, 0.15) is 6.04 Å². The average Bonchev–Trinajstić information content (AvgIpc) is 3.06. The third-order valence-electron chi connectivity index (χ3n) is 4.59. The molecule has 0 fully saturated rings. The van der Waals surface area contributed by atoms with Crippen molar-refractivity contribution in [2.75, 3.05) is 10.0 Å². The number of carbonyl (C=O) groups excluding carboxylic acids is 1. The third-order valence-corrected chi connectivity index (χ3v) is 6.17. The molecule has 3 rings (SSSR count). The first-order valence-corrected chi connectivity index (χ1v) is 11.9. The number of carbonyl (C=O) groups is 1. The van der Waals surface area contributed by atoms with Gasteiger partial charge in [-0.15, -0.1) is 0 Å². The van der Waals surface area contributed by atoms with Crippen LogP contribution in [0.4, 0.5) is 11.4 Å². The van der Waals surface area contributed by atoms with Gasteiger partial charge in [0.2, 0.25) is 5.91 Å². The number of rotatable bonds is 7. The lowest BCUT2D eigenvalue weighted by Gasteiger charge is -2.16. The minimum atomic E-state index is -3.77. The number of anilines is 2. The minimum Gasteiger partial charge on any atom is -0.323 e. The highest BCUT2D eigenvalue weighted by molar-refractivity contribution is 7.95. The summed E-state index contributed by atoms with van der Waals surface area (Å²) in [5.41, 5.74) is 3.01. The molecule has 0 aliphatic heterocycles. The standard InChI is InChI=1S/C22H22Cl2N4O3S/c1-14-12-15(2)28(26-14)16(3)22(29)25-21-9-8-19(13-20(21)24)27-32(30,31)11-10-17-4-6-18(23)7-5-17/h4-13,16,27H,1-3H3,(H,25,29)/b11-10+. The SMILES string of the molecule is Cc1cc(C)n(C(C)C(=O)Nc2ccc(NS(=O)(=O)/C=C/c3ccc(Cl)cc3)cc2Cl)n1. The van der Waals surface area contributed by atoms with Crippen LogP contribution in [0.1, 0.15) is 29.9 Å². The van der Waals surface area contributed by atoms with Crippen molar-refractivity contribution in [3.8, 4) is 0 Å². The van der Waals surface area contributed by atoms with Gasteiger partial charge < -0.3 is 5.32 Å². The van der Waals surface area contributed by atoms with Crippen LogP contribution in [0.5, 0.6) is 0 Å². The Bertz CT molecular complexity index is 1270. The van der Waals surface area contributed by atoms with Crippen molar-refractivity contribution in [3.05, 3.63) is 80.9 Å². The summed E-state index contributed by atoms with van der Waals surface area (Å²) in [7, 11) is -3.77. The van der Waals surface area contributed by atoms with Crippen LogP contribution in [0.15, 0.2) is 53.9 Å². The van der Waals surface area contributed by atoms with Gasteiger partial charge in [0.05, 0.1) is 27.5 Å². The van der Waals surface area contributed by atoms with E-state index in [9.17, 15) is 13.2 Å². The molecule has 0 bridgehead atoms. The molecule has 0 aliphatic carbocycles. The van der Waals surface area contributed by atoms with Crippen molar-refractivity contribution in [2.24, 2.45) is 0 Å². The van der Waals surface area contributed by atoms with E-state index in [1.165, 1.54) is 24.3 Å². The van der Waals surface area contributed by atoms with Crippen molar-refractivity contribution in [3.63, 3.8) is 0 Å². The molecule has 32 heavy (non-hydrogen) atoms. The first kappa shape index (κ1) is 23.8. The number of aromatic nitrogens is 2. The Hall–Kier alpha value is -2.81. The Kier molecular flexibility index (Phi) is 7.28. The van der Waals surface area contributed by atoms with Gasteiger partial charge in [-0.1, -0.05) is 35.3 Å². The fraction of sp³-hybridized carbons (Fsp3) is 0.182. The average molecular weight is 493 g/mol. The number of hydrogen-bond donors (Lipinski definition) is 2. The summed E-state index contributed by atoms with van der Waals surface area (Å²) in [4.78, 5) is 12.6. The molecule has 1 atom stereocenters. The van der Waals surface area contributed by atoms with Crippen LogP contribution in [0.25, 0.3) is 6.08 Å². The maximum Gasteiger partial charge on any atom is 0.255 e. The summed E-state index contributed by atoms with van der Waals surface area (Å²) in [5, 5.41) is 8.89. The summed E-state index contributed by atoms with van der Waals surface area (Å²) in [6, 6.07) is 12.6. The Morgan fingerprint density at radius 3 is 2.38 bits per heavy atom. The molecule has 1 aromatic heterocycles. The van der Waals surface area contributed by atoms with Gasteiger partial charge in [0, 0.05) is 10.7 Å². The van der Waals surface area contributed by atoms with Gasteiger partial charge in [-0.25, -0.2) is 8.42 Å². The van der Waals surface area contributed by atoms with Gasteiger partial charge in [0.15, 0.2) is 0 Å². The zero-order valence-electron chi connectivity index (χ0n) is 17.6. The van der Waals surface area contributed by atoms with E-state index in [-0.39, 0.29) is 16.6 Å². The molecule has 3 aromatic rings. The number of hydrogen-bond acceptors (Lipinski definition) is 4. The molecule has 168 valence electrons. The summed E-state index contributed by atoms with van der Waals surface area (Å²) in [6.07, 6.45) is 1.45. The van der Waals surface area contributed by atoms with E-state index < -0.39 is 16.1 Å². The first-order valence-electron chi connectivity index (χ1n) is 9.64. The highest BCUT2D eigenvalue weighted by Crippen LogP contribution is 2.27. The molecule has 7 nitrogen and oxygen atoms in total. The largest absolute Gasteiger partial charge is 0.323 e. The van der Waals surface area contributed by atoms with Crippen molar-refractivity contribution in [2.45, 2.75) is 26.8 Å². The second-order valence-corrected chi connectivity index (χ2v) is 9.64. The molecule has 0 aliphatic rings. The van der Waals surface area contributed by atoms with Crippen LogP contribution >= 0.6 is 23.2 Å². The van der Waals surface area contributed by atoms with Crippen molar-refractivity contribution in [1.82, 2.24) is 9.78 Å². The van der Waals surface area contributed by atoms with Gasteiger partial charge in [0.25, 0.3) is 10.0 Å². The van der Waals surface area contributed by atoms with Crippen LogP contribution in [-0.4, -0.2) is 24.1 Å². The molecule has 0 spiro atoms. The maximum absolute atomic E-state index is 12.6. The predicted octanol–water partition coefficient (Wildman–Crippen LogP) is 5.42. The lowest BCUT2D eigenvalue weighted by molar-refractivity contribution is -0.119. The molecule has 2 N–H and O–H groups in total. The molecular formula is C22H22Cl2N4O3S. The molecule has 1 amide bonds. The minimum absolute atomic E-state index is 0.195. The molecule has 1 heterocycles. The molecule has 0 saturated heterocycles. The highest BCUT2D eigenvalue weighted by Gasteiger charge is 2.19. The lowest BCUT2D eigenvalue weighted by atomic mass is 10.2. The Labute approximate surface area is 197 Å². The molecule has 0 saturated carbocycles. The zero-order valence-corrected chi connectivity index (χ0v) is 20.0. The topological polar surface area (TPSA) is 93.1 Å². The Morgan fingerprint density at radius 2 is 1.78 bits per heavy atom. The fourth-order valence-electron chi connectivity index (χ4n) is 3.01. The van der Waals surface area contributed by atoms with Crippen molar-refractivity contribution >= 4 is 56.6 Å². The lowest BCUT2D eigenvalue weighted by Crippen LogP contribution is -2.25. The third kappa shape index (κ3) is 6.12. The first-order chi connectivity index (χ1) is 15.0. The smallest absolute Gasteiger partial charge is 0.255 e.